The average Bonchev–Trinajstić information content (AvgIpc) is 3.32. The zero-order valence-electron chi connectivity index (χ0n) is 18.7. The lowest BCUT2D eigenvalue weighted by Gasteiger charge is -2.37. The van der Waals surface area contributed by atoms with E-state index in [-0.39, 0.29) is 17.6 Å². The smallest absolute Gasteiger partial charge is 0.336 e. The summed E-state index contributed by atoms with van der Waals surface area (Å²) in [5.41, 5.74) is 2.97. The number of ether oxygens (including phenoxy) is 3. The fourth-order valence-corrected chi connectivity index (χ4v) is 5.65. The monoisotopic (exact) mass is 453 g/mol. The summed E-state index contributed by atoms with van der Waals surface area (Å²) in [5.74, 6) is 0.233. The Balaban J connectivity index is 1.72. The quantitative estimate of drug-likeness (QED) is 0.582. The third kappa shape index (κ3) is 3.97. The summed E-state index contributed by atoms with van der Waals surface area (Å²) in [7, 11) is 2.98. The zero-order valence-corrected chi connectivity index (χ0v) is 19.5. The second-order valence-electron chi connectivity index (χ2n) is 7.98. The molecule has 1 aliphatic heterocycles. The fourth-order valence-electron chi connectivity index (χ4n) is 4.78. The normalized spacial score (nSPS) is 22.8. The minimum absolute atomic E-state index is 0.00135. The summed E-state index contributed by atoms with van der Waals surface area (Å²) in [4.78, 5) is 31.9. The number of Topliss-reactive ketones (excluding diaryl/α,β-unsaturated/α-hetero) is 1. The second kappa shape index (κ2) is 9.28. The molecule has 32 heavy (non-hydrogen) atoms. The Morgan fingerprint density at radius 3 is 2.62 bits per heavy atom. The Kier molecular flexibility index (Phi) is 6.46. The topological polar surface area (TPSA) is 74.2 Å². The van der Waals surface area contributed by atoms with Crippen LogP contribution in [-0.2, 0) is 14.3 Å². The van der Waals surface area contributed by atoms with Gasteiger partial charge < -0.3 is 14.2 Å². The molecule has 2 aromatic rings. The standard InChI is InChI=1S/C25H27NO5S/c1-5-31-19-9-8-15(13-20(19)29-3)16-11-17-23(18(27)12-16)24(21-7-6-10-32-21)22(14(2)26-17)25(28)30-4/h6-10,13,16,23-24H,5,11-12H2,1-4H3/t16-,23?,24+/m1/s1. The van der Waals surface area contributed by atoms with Crippen LogP contribution in [0.3, 0.4) is 0 Å². The summed E-state index contributed by atoms with van der Waals surface area (Å²) in [6, 6.07) is 9.76. The van der Waals surface area contributed by atoms with Crippen molar-refractivity contribution < 1.29 is 23.8 Å². The van der Waals surface area contributed by atoms with Crippen molar-refractivity contribution in [2.75, 3.05) is 20.8 Å². The van der Waals surface area contributed by atoms with E-state index < -0.39 is 11.9 Å². The molecule has 7 heteroatoms. The van der Waals surface area contributed by atoms with Crippen molar-refractivity contribution in [3.05, 3.63) is 57.4 Å². The number of hydrogen-bond donors (Lipinski definition) is 0. The summed E-state index contributed by atoms with van der Waals surface area (Å²) in [5, 5.41) is 1.97. The van der Waals surface area contributed by atoms with Gasteiger partial charge in [0.2, 0.25) is 0 Å². The number of ketones is 1. The van der Waals surface area contributed by atoms with Crippen molar-refractivity contribution in [1.29, 1.82) is 0 Å². The van der Waals surface area contributed by atoms with Gasteiger partial charge in [0.1, 0.15) is 5.78 Å². The number of nitrogens with zero attached hydrogens (tertiary/aromatic N) is 1. The Morgan fingerprint density at radius 2 is 1.97 bits per heavy atom. The SMILES string of the molecule is CCOc1ccc([C@H]2CC(=O)C3C(=NC(C)=C(C(=O)OC)[C@@H]3c3cccs3)C2)cc1OC. The van der Waals surface area contributed by atoms with E-state index in [1.807, 2.05) is 49.6 Å². The van der Waals surface area contributed by atoms with Crippen molar-refractivity contribution in [1.82, 2.24) is 0 Å². The highest BCUT2D eigenvalue weighted by Crippen LogP contribution is 2.47. The highest BCUT2D eigenvalue weighted by Gasteiger charge is 2.46. The largest absolute Gasteiger partial charge is 0.493 e. The number of aliphatic imine (C=N–C) groups is 1. The first-order valence-corrected chi connectivity index (χ1v) is 11.6. The van der Waals surface area contributed by atoms with Crippen LogP contribution in [0, 0.1) is 5.92 Å². The molecule has 1 aromatic carbocycles. The Bertz CT molecular complexity index is 1090. The van der Waals surface area contributed by atoms with Gasteiger partial charge in [-0.3, -0.25) is 9.79 Å². The minimum atomic E-state index is -0.438. The zero-order chi connectivity index (χ0) is 22.8. The van der Waals surface area contributed by atoms with Gasteiger partial charge in [0.15, 0.2) is 11.5 Å². The van der Waals surface area contributed by atoms with Gasteiger partial charge in [-0.25, -0.2) is 4.79 Å². The van der Waals surface area contributed by atoms with E-state index in [9.17, 15) is 9.59 Å². The number of rotatable bonds is 6. The van der Waals surface area contributed by atoms with Gasteiger partial charge in [-0.2, -0.15) is 0 Å². The van der Waals surface area contributed by atoms with Crippen LogP contribution in [0.4, 0.5) is 0 Å². The lowest BCUT2D eigenvalue weighted by molar-refractivity contribution is -0.136. The first kappa shape index (κ1) is 22.3. The molecule has 1 unspecified atom stereocenters. The first-order chi connectivity index (χ1) is 15.5. The van der Waals surface area contributed by atoms with E-state index in [0.29, 0.717) is 42.2 Å². The molecule has 1 fully saturated rings. The third-order valence-corrected chi connectivity index (χ3v) is 7.12. The molecule has 1 aromatic heterocycles. The van der Waals surface area contributed by atoms with Crippen LogP contribution in [0.15, 0.2) is 52.0 Å². The van der Waals surface area contributed by atoms with Crippen molar-refractivity contribution >= 4 is 28.8 Å². The predicted molar refractivity (Wildman–Crippen MR) is 124 cm³/mol. The Morgan fingerprint density at radius 1 is 1.16 bits per heavy atom. The molecule has 2 aliphatic rings. The highest BCUT2D eigenvalue weighted by molar-refractivity contribution is 7.10. The van der Waals surface area contributed by atoms with Crippen LogP contribution in [0.2, 0.25) is 0 Å². The number of carbonyl (C=O) groups is 2. The molecule has 0 amide bonds. The molecule has 0 bridgehead atoms. The van der Waals surface area contributed by atoms with E-state index in [2.05, 4.69) is 0 Å². The molecule has 0 radical (unpaired) electrons. The molecular formula is C25H27NO5S. The second-order valence-corrected chi connectivity index (χ2v) is 8.96. The number of thiophene rings is 1. The number of fused-ring (bicyclic) bond motifs is 1. The number of hydrogen-bond acceptors (Lipinski definition) is 7. The predicted octanol–water partition coefficient (Wildman–Crippen LogP) is 4.90. The van der Waals surface area contributed by atoms with Crippen LogP contribution in [-0.4, -0.2) is 38.3 Å². The van der Waals surface area contributed by atoms with E-state index in [1.165, 1.54) is 7.11 Å². The summed E-state index contributed by atoms with van der Waals surface area (Å²) in [6.07, 6.45) is 1.04. The molecule has 0 spiro atoms. The fraction of sp³-hybridized carbons (Fsp3) is 0.400. The maximum atomic E-state index is 13.5. The van der Waals surface area contributed by atoms with Crippen LogP contribution in [0.5, 0.6) is 11.5 Å². The van der Waals surface area contributed by atoms with Crippen LogP contribution >= 0.6 is 11.3 Å². The third-order valence-electron chi connectivity index (χ3n) is 6.17. The van der Waals surface area contributed by atoms with Gasteiger partial charge in [-0.05, 0) is 55.3 Å². The molecule has 3 atom stereocenters. The number of methoxy groups -OCH3 is 2. The minimum Gasteiger partial charge on any atom is -0.493 e. The van der Waals surface area contributed by atoms with Crippen LogP contribution < -0.4 is 9.47 Å². The summed E-state index contributed by atoms with van der Waals surface area (Å²) in [6.45, 7) is 4.30. The summed E-state index contributed by atoms with van der Waals surface area (Å²) < 4.78 is 16.2. The first-order valence-electron chi connectivity index (χ1n) is 10.7. The lowest BCUT2D eigenvalue weighted by Crippen LogP contribution is -2.40. The molecule has 0 N–H and O–H groups in total. The molecule has 1 aliphatic carbocycles. The molecule has 0 saturated heterocycles. The molecule has 2 heterocycles. The van der Waals surface area contributed by atoms with Crippen molar-refractivity contribution in [3.63, 3.8) is 0 Å². The van der Waals surface area contributed by atoms with Gasteiger partial charge >= 0.3 is 5.97 Å². The number of allylic oxidation sites excluding steroid dienone is 1. The molecule has 6 nitrogen and oxygen atoms in total. The van der Waals surface area contributed by atoms with E-state index in [1.54, 1.807) is 18.4 Å². The Labute approximate surface area is 191 Å². The molecular weight excluding hydrogens is 426 g/mol. The van der Waals surface area contributed by atoms with Crippen molar-refractivity contribution in [2.45, 2.75) is 38.5 Å². The molecule has 1 saturated carbocycles. The van der Waals surface area contributed by atoms with Gasteiger partial charge in [0.05, 0.1) is 32.3 Å². The van der Waals surface area contributed by atoms with E-state index >= 15 is 0 Å². The number of benzene rings is 1. The lowest BCUT2D eigenvalue weighted by atomic mass is 9.67. The maximum Gasteiger partial charge on any atom is 0.336 e. The average molecular weight is 454 g/mol. The van der Waals surface area contributed by atoms with Gasteiger partial charge in [-0.1, -0.05) is 12.1 Å². The van der Waals surface area contributed by atoms with Crippen LogP contribution in [0.1, 0.15) is 49.0 Å². The maximum absolute atomic E-state index is 13.5. The van der Waals surface area contributed by atoms with Gasteiger partial charge in [-0.15, -0.1) is 11.3 Å². The molecule has 4 rings (SSSR count). The summed E-state index contributed by atoms with van der Waals surface area (Å²) >= 11 is 1.55. The van der Waals surface area contributed by atoms with E-state index in [4.69, 9.17) is 19.2 Å². The van der Waals surface area contributed by atoms with Crippen molar-refractivity contribution in [2.24, 2.45) is 10.9 Å². The number of carbonyl (C=O) groups excluding carboxylic acids is 2. The van der Waals surface area contributed by atoms with Crippen molar-refractivity contribution in [3.8, 4) is 11.5 Å². The van der Waals surface area contributed by atoms with E-state index in [0.717, 1.165) is 16.2 Å². The van der Waals surface area contributed by atoms with Gasteiger partial charge in [0, 0.05) is 28.6 Å². The Hall–Kier alpha value is -2.93. The highest BCUT2D eigenvalue weighted by atomic mass is 32.1. The molecule has 168 valence electrons. The van der Waals surface area contributed by atoms with Gasteiger partial charge in [0.25, 0.3) is 0 Å². The van der Waals surface area contributed by atoms with Crippen LogP contribution in [0.25, 0.3) is 0 Å². The number of esters is 1.